The second-order valence-corrected chi connectivity index (χ2v) is 3.72. The molecule has 13 heavy (non-hydrogen) atoms. The van der Waals surface area contributed by atoms with Gasteiger partial charge in [0.25, 0.3) is 0 Å². The Kier molecular flexibility index (Phi) is 5.94. The highest BCUT2D eigenvalue weighted by atomic mass is 35.5. The van der Waals surface area contributed by atoms with Crippen molar-refractivity contribution in [1.29, 1.82) is 0 Å². The SMILES string of the molecule is CONC(CC(C)Cl)C(C)[N+](=O)[O-]. The van der Waals surface area contributed by atoms with Crippen molar-refractivity contribution in [2.24, 2.45) is 0 Å². The van der Waals surface area contributed by atoms with Crippen molar-refractivity contribution >= 4 is 11.6 Å². The number of halogens is 1. The van der Waals surface area contributed by atoms with E-state index in [9.17, 15) is 10.1 Å². The molecule has 0 fully saturated rings. The van der Waals surface area contributed by atoms with Gasteiger partial charge in [-0.25, -0.2) is 0 Å². The topological polar surface area (TPSA) is 64.4 Å². The molecule has 6 heteroatoms. The first-order valence-electron chi connectivity index (χ1n) is 4.05. The molecule has 0 aromatic rings. The molecule has 0 spiro atoms. The molecular weight excluding hydrogens is 196 g/mol. The summed E-state index contributed by atoms with van der Waals surface area (Å²) in [5.74, 6) is 0. The Morgan fingerprint density at radius 2 is 2.15 bits per heavy atom. The summed E-state index contributed by atoms with van der Waals surface area (Å²) in [5, 5.41) is 10.3. The molecule has 0 rings (SSSR count). The Morgan fingerprint density at radius 1 is 1.62 bits per heavy atom. The molecule has 3 atom stereocenters. The van der Waals surface area contributed by atoms with Crippen LogP contribution in [0.4, 0.5) is 0 Å². The van der Waals surface area contributed by atoms with E-state index in [2.05, 4.69) is 10.3 Å². The molecule has 0 amide bonds. The van der Waals surface area contributed by atoms with Gasteiger partial charge < -0.3 is 4.84 Å². The summed E-state index contributed by atoms with van der Waals surface area (Å²) in [6.07, 6.45) is 0.498. The lowest BCUT2D eigenvalue weighted by molar-refractivity contribution is -0.524. The van der Waals surface area contributed by atoms with Gasteiger partial charge in [0.2, 0.25) is 6.04 Å². The standard InChI is InChI=1S/C7H15ClN2O3/c1-5(8)4-7(9-13-3)6(2)10(11)12/h5-7,9H,4H2,1-3H3. The molecule has 5 nitrogen and oxygen atoms in total. The Morgan fingerprint density at radius 3 is 2.46 bits per heavy atom. The van der Waals surface area contributed by atoms with E-state index in [0.29, 0.717) is 6.42 Å². The molecule has 3 unspecified atom stereocenters. The fraction of sp³-hybridized carbons (Fsp3) is 1.00. The lowest BCUT2D eigenvalue weighted by Crippen LogP contribution is -2.43. The van der Waals surface area contributed by atoms with Crippen LogP contribution in [0.3, 0.4) is 0 Å². The van der Waals surface area contributed by atoms with Gasteiger partial charge in [-0.2, -0.15) is 5.48 Å². The van der Waals surface area contributed by atoms with Gasteiger partial charge in [-0.05, 0) is 13.3 Å². The third-order valence-electron chi connectivity index (χ3n) is 1.76. The number of hydrogen-bond acceptors (Lipinski definition) is 4. The van der Waals surface area contributed by atoms with Gasteiger partial charge in [0.1, 0.15) is 6.04 Å². The Balaban J connectivity index is 4.14. The summed E-state index contributed by atoms with van der Waals surface area (Å²) in [6.45, 7) is 3.31. The number of hydrogen-bond donors (Lipinski definition) is 1. The van der Waals surface area contributed by atoms with E-state index < -0.39 is 6.04 Å². The van der Waals surface area contributed by atoms with Crippen molar-refractivity contribution in [1.82, 2.24) is 5.48 Å². The quantitative estimate of drug-likeness (QED) is 0.406. The minimum absolute atomic E-state index is 0.116. The van der Waals surface area contributed by atoms with E-state index in [4.69, 9.17) is 11.6 Å². The molecule has 1 N–H and O–H groups in total. The van der Waals surface area contributed by atoms with Crippen LogP contribution in [0.25, 0.3) is 0 Å². The molecular formula is C7H15ClN2O3. The number of nitrogens with one attached hydrogen (secondary N) is 1. The molecule has 0 aromatic heterocycles. The summed E-state index contributed by atoms with van der Waals surface area (Å²) in [5.41, 5.74) is 2.57. The van der Waals surface area contributed by atoms with Crippen LogP contribution in [0, 0.1) is 10.1 Å². The number of hydroxylamine groups is 1. The highest BCUT2D eigenvalue weighted by Gasteiger charge is 2.27. The van der Waals surface area contributed by atoms with Crippen LogP contribution in [0.1, 0.15) is 20.3 Å². The monoisotopic (exact) mass is 210 g/mol. The van der Waals surface area contributed by atoms with E-state index >= 15 is 0 Å². The van der Waals surface area contributed by atoms with Gasteiger partial charge in [-0.3, -0.25) is 10.1 Å². The van der Waals surface area contributed by atoms with E-state index in [1.807, 2.05) is 0 Å². The molecule has 0 saturated heterocycles. The first kappa shape index (κ1) is 12.6. The first-order valence-corrected chi connectivity index (χ1v) is 4.48. The van der Waals surface area contributed by atoms with Crippen molar-refractivity contribution in [2.75, 3.05) is 7.11 Å². The summed E-state index contributed by atoms with van der Waals surface area (Å²) in [6, 6.07) is -1.06. The molecule has 0 saturated carbocycles. The van der Waals surface area contributed by atoms with Crippen LogP contribution in [-0.2, 0) is 4.84 Å². The summed E-state index contributed by atoms with van der Waals surface area (Å²) in [4.78, 5) is 14.8. The Bertz CT molecular complexity index is 166. The van der Waals surface area contributed by atoms with Crippen LogP contribution in [0.2, 0.25) is 0 Å². The highest BCUT2D eigenvalue weighted by molar-refractivity contribution is 6.20. The van der Waals surface area contributed by atoms with Gasteiger partial charge in [0.15, 0.2) is 0 Å². The van der Waals surface area contributed by atoms with E-state index in [-0.39, 0.29) is 16.3 Å². The Hall–Kier alpha value is -0.390. The summed E-state index contributed by atoms with van der Waals surface area (Å²) < 4.78 is 0. The zero-order valence-corrected chi connectivity index (χ0v) is 8.75. The van der Waals surface area contributed by atoms with E-state index in [0.717, 1.165) is 0 Å². The van der Waals surface area contributed by atoms with Crippen molar-refractivity contribution in [3.8, 4) is 0 Å². The zero-order chi connectivity index (χ0) is 10.4. The molecule has 0 aliphatic carbocycles. The molecule has 0 radical (unpaired) electrons. The van der Waals surface area contributed by atoms with Crippen molar-refractivity contribution in [3.05, 3.63) is 10.1 Å². The third-order valence-corrected chi connectivity index (χ3v) is 1.94. The van der Waals surface area contributed by atoms with Gasteiger partial charge in [-0.1, -0.05) is 0 Å². The Labute approximate surface area is 82.5 Å². The van der Waals surface area contributed by atoms with Crippen LogP contribution in [0.15, 0.2) is 0 Å². The van der Waals surface area contributed by atoms with Gasteiger partial charge >= 0.3 is 0 Å². The van der Waals surface area contributed by atoms with Crippen LogP contribution >= 0.6 is 11.6 Å². The van der Waals surface area contributed by atoms with Gasteiger partial charge in [0.05, 0.1) is 7.11 Å². The van der Waals surface area contributed by atoms with E-state index in [1.165, 1.54) is 14.0 Å². The molecule has 0 aliphatic heterocycles. The largest absolute Gasteiger partial charge is 0.305 e. The second kappa shape index (κ2) is 6.12. The van der Waals surface area contributed by atoms with Crippen LogP contribution in [-0.4, -0.2) is 29.5 Å². The minimum Gasteiger partial charge on any atom is -0.305 e. The molecule has 0 bridgehead atoms. The maximum absolute atomic E-state index is 10.5. The number of nitro groups is 1. The average molecular weight is 211 g/mol. The fourth-order valence-electron chi connectivity index (χ4n) is 0.992. The number of nitrogens with zero attached hydrogens (tertiary/aromatic N) is 1. The zero-order valence-electron chi connectivity index (χ0n) is 7.99. The second-order valence-electron chi connectivity index (χ2n) is 2.97. The molecule has 78 valence electrons. The van der Waals surface area contributed by atoms with Crippen molar-refractivity contribution < 1.29 is 9.76 Å². The fourth-order valence-corrected chi connectivity index (χ4v) is 1.18. The number of alkyl halides is 1. The average Bonchev–Trinajstić information content (AvgIpc) is 2.01. The minimum atomic E-state index is -0.707. The molecule has 0 aromatic carbocycles. The maximum Gasteiger partial charge on any atom is 0.227 e. The molecule has 0 aliphatic rings. The lowest BCUT2D eigenvalue weighted by atomic mass is 10.1. The first-order chi connectivity index (χ1) is 5.99. The third kappa shape index (κ3) is 5.02. The smallest absolute Gasteiger partial charge is 0.227 e. The van der Waals surface area contributed by atoms with Crippen LogP contribution < -0.4 is 5.48 Å². The van der Waals surface area contributed by atoms with Crippen molar-refractivity contribution in [2.45, 2.75) is 37.7 Å². The summed E-state index contributed by atoms with van der Waals surface area (Å²) >= 11 is 5.74. The predicted octanol–water partition coefficient (Wildman–Crippen LogP) is 1.19. The highest BCUT2D eigenvalue weighted by Crippen LogP contribution is 2.09. The lowest BCUT2D eigenvalue weighted by Gasteiger charge is -2.19. The molecule has 0 heterocycles. The summed E-state index contributed by atoms with van der Waals surface area (Å²) in [7, 11) is 1.43. The van der Waals surface area contributed by atoms with Gasteiger partial charge in [0, 0.05) is 17.2 Å². The predicted molar refractivity (Wildman–Crippen MR) is 50.3 cm³/mol. The van der Waals surface area contributed by atoms with Gasteiger partial charge in [-0.15, -0.1) is 11.6 Å². The maximum atomic E-state index is 10.5. The normalized spacial score (nSPS) is 17.8. The van der Waals surface area contributed by atoms with E-state index in [1.54, 1.807) is 6.92 Å². The van der Waals surface area contributed by atoms with Crippen LogP contribution in [0.5, 0.6) is 0 Å². The number of rotatable bonds is 6. The van der Waals surface area contributed by atoms with Crippen molar-refractivity contribution in [3.63, 3.8) is 0 Å².